The maximum Gasteiger partial charge on any atom is 0.0822 e. The van der Waals surface area contributed by atoms with E-state index in [0.29, 0.717) is 0 Å². The average Bonchev–Trinajstić information content (AvgIpc) is 2.32. The molecule has 2 N–H and O–H groups in total. The molecule has 0 radical (unpaired) electrons. The number of nitrogen functional groups attached to an aromatic ring is 1. The maximum absolute atomic E-state index is 5.66. The third-order valence-electron chi connectivity index (χ3n) is 1.72. The summed E-state index contributed by atoms with van der Waals surface area (Å²) in [5.41, 5.74) is 7.38. The Kier molecular flexibility index (Phi) is 3.47. The van der Waals surface area contributed by atoms with Crippen LogP contribution in [-0.4, -0.2) is 21.8 Å². The molecule has 0 atom stereocenters. The number of anilines is 1. The van der Waals surface area contributed by atoms with Gasteiger partial charge in [-0.3, -0.25) is 4.68 Å². The molecular formula is C8H15N3S. The van der Waals surface area contributed by atoms with Crippen molar-refractivity contribution < 1.29 is 0 Å². The van der Waals surface area contributed by atoms with Crippen molar-refractivity contribution in [2.24, 2.45) is 0 Å². The van der Waals surface area contributed by atoms with Crippen molar-refractivity contribution in [3.8, 4) is 0 Å². The summed E-state index contributed by atoms with van der Waals surface area (Å²) in [4.78, 5) is 0. The summed E-state index contributed by atoms with van der Waals surface area (Å²) >= 11 is 1.86. The zero-order chi connectivity index (χ0) is 8.97. The van der Waals surface area contributed by atoms with Gasteiger partial charge in [-0.1, -0.05) is 0 Å². The van der Waals surface area contributed by atoms with Crippen LogP contribution >= 0.6 is 11.8 Å². The van der Waals surface area contributed by atoms with Crippen LogP contribution in [0.5, 0.6) is 0 Å². The topological polar surface area (TPSA) is 43.8 Å². The van der Waals surface area contributed by atoms with Gasteiger partial charge < -0.3 is 5.73 Å². The zero-order valence-corrected chi connectivity index (χ0v) is 8.40. The SMILES string of the molecule is CSCCCn1cc(N)c(C)n1. The minimum Gasteiger partial charge on any atom is -0.396 e. The number of aromatic nitrogens is 2. The molecule has 1 aromatic rings. The molecule has 0 bridgehead atoms. The van der Waals surface area contributed by atoms with Gasteiger partial charge in [0.25, 0.3) is 0 Å². The van der Waals surface area contributed by atoms with E-state index in [4.69, 9.17) is 5.73 Å². The van der Waals surface area contributed by atoms with Crippen molar-refractivity contribution in [1.82, 2.24) is 9.78 Å². The number of thioether (sulfide) groups is 1. The van der Waals surface area contributed by atoms with Gasteiger partial charge in [-0.25, -0.2) is 0 Å². The van der Waals surface area contributed by atoms with E-state index in [9.17, 15) is 0 Å². The summed E-state index contributed by atoms with van der Waals surface area (Å²) in [6.07, 6.45) is 5.17. The lowest BCUT2D eigenvalue weighted by atomic mass is 10.4. The fourth-order valence-corrected chi connectivity index (χ4v) is 1.44. The Bertz CT molecular complexity index is 225. The highest BCUT2D eigenvalue weighted by Gasteiger charge is 1.99. The fourth-order valence-electron chi connectivity index (χ4n) is 1.02. The Balaban J connectivity index is 2.42. The van der Waals surface area contributed by atoms with E-state index < -0.39 is 0 Å². The molecule has 4 heteroatoms. The first kappa shape index (κ1) is 9.45. The number of hydrogen-bond acceptors (Lipinski definition) is 3. The second kappa shape index (κ2) is 4.40. The van der Waals surface area contributed by atoms with Gasteiger partial charge in [0.1, 0.15) is 0 Å². The molecule has 3 nitrogen and oxygen atoms in total. The van der Waals surface area contributed by atoms with E-state index in [1.165, 1.54) is 5.75 Å². The Morgan fingerprint density at radius 3 is 2.92 bits per heavy atom. The predicted molar refractivity (Wildman–Crippen MR) is 54.4 cm³/mol. The molecule has 0 amide bonds. The first-order valence-electron chi connectivity index (χ1n) is 4.02. The van der Waals surface area contributed by atoms with Gasteiger partial charge in [0, 0.05) is 12.7 Å². The van der Waals surface area contributed by atoms with Crippen molar-refractivity contribution in [3.05, 3.63) is 11.9 Å². The van der Waals surface area contributed by atoms with Gasteiger partial charge in [-0.05, 0) is 25.4 Å². The number of hydrogen-bond donors (Lipinski definition) is 1. The van der Waals surface area contributed by atoms with Crippen molar-refractivity contribution in [1.29, 1.82) is 0 Å². The highest BCUT2D eigenvalue weighted by molar-refractivity contribution is 7.98. The van der Waals surface area contributed by atoms with E-state index in [-0.39, 0.29) is 0 Å². The second-order valence-electron chi connectivity index (χ2n) is 2.78. The first-order valence-corrected chi connectivity index (χ1v) is 5.42. The second-order valence-corrected chi connectivity index (χ2v) is 3.76. The molecule has 0 saturated heterocycles. The van der Waals surface area contributed by atoms with E-state index >= 15 is 0 Å². The summed E-state index contributed by atoms with van der Waals surface area (Å²) in [6, 6.07) is 0. The van der Waals surface area contributed by atoms with Gasteiger partial charge in [0.05, 0.1) is 11.4 Å². The van der Waals surface area contributed by atoms with Gasteiger partial charge in [0.15, 0.2) is 0 Å². The van der Waals surface area contributed by atoms with Gasteiger partial charge in [-0.15, -0.1) is 0 Å². The smallest absolute Gasteiger partial charge is 0.0822 e. The molecule has 0 aliphatic rings. The molecule has 0 spiro atoms. The van der Waals surface area contributed by atoms with Crippen LogP contribution in [-0.2, 0) is 6.54 Å². The van der Waals surface area contributed by atoms with Crippen molar-refractivity contribution >= 4 is 17.4 Å². The summed E-state index contributed by atoms with van der Waals surface area (Å²) in [7, 11) is 0. The van der Waals surface area contributed by atoms with Gasteiger partial charge in [-0.2, -0.15) is 16.9 Å². The van der Waals surface area contributed by atoms with Crippen LogP contribution in [0.3, 0.4) is 0 Å². The zero-order valence-electron chi connectivity index (χ0n) is 7.58. The third-order valence-corrected chi connectivity index (χ3v) is 2.42. The molecule has 1 heterocycles. The molecule has 0 unspecified atom stereocenters. The van der Waals surface area contributed by atoms with E-state index in [1.54, 1.807) is 0 Å². The number of nitrogens with zero attached hydrogens (tertiary/aromatic N) is 2. The van der Waals surface area contributed by atoms with Crippen LogP contribution in [0.15, 0.2) is 6.20 Å². The Labute approximate surface area is 77.3 Å². The molecule has 0 fully saturated rings. The lowest BCUT2D eigenvalue weighted by Crippen LogP contribution is -1.99. The Hall–Kier alpha value is -0.640. The molecule has 0 saturated carbocycles. The highest BCUT2D eigenvalue weighted by atomic mass is 32.2. The fraction of sp³-hybridized carbons (Fsp3) is 0.625. The Morgan fingerprint density at radius 1 is 1.67 bits per heavy atom. The van der Waals surface area contributed by atoms with Crippen molar-refractivity contribution in [2.75, 3.05) is 17.7 Å². The molecule has 68 valence electrons. The lowest BCUT2D eigenvalue weighted by Gasteiger charge is -1.98. The van der Waals surface area contributed by atoms with Crippen LogP contribution in [0, 0.1) is 6.92 Å². The molecule has 1 aromatic heterocycles. The van der Waals surface area contributed by atoms with E-state index in [1.807, 2.05) is 29.6 Å². The molecule has 0 aliphatic carbocycles. The average molecular weight is 185 g/mol. The Morgan fingerprint density at radius 2 is 2.42 bits per heavy atom. The van der Waals surface area contributed by atoms with Crippen LogP contribution < -0.4 is 5.73 Å². The van der Waals surface area contributed by atoms with Crippen LogP contribution in [0.1, 0.15) is 12.1 Å². The van der Waals surface area contributed by atoms with E-state index in [2.05, 4.69) is 11.4 Å². The summed E-state index contributed by atoms with van der Waals surface area (Å²) in [5.74, 6) is 1.18. The number of nitrogens with two attached hydrogens (primary N) is 1. The largest absolute Gasteiger partial charge is 0.396 e. The summed E-state index contributed by atoms with van der Waals surface area (Å²) in [6.45, 7) is 2.90. The lowest BCUT2D eigenvalue weighted by molar-refractivity contribution is 0.602. The van der Waals surface area contributed by atoms with Crippen LogP contribution in [0.4, 0.5) is 5.69 Å². The standard InChI is InChI=1S/C8H15N3S/c1-7-8(9)6-11(10-7)4-3-5-12-2/h6H,3-5,9H2,1-2H3. The van der Waals surface area contributed by atoms with Crippen LogP contribution in [0.2, 0.25) is 0 Å². The quantitative estimate of drug-likeness (QED) is 0.723. The molecule has 0 aromatic carbocycles. The minimum absolute atomic E-state index is 0.791. The molecule has 1 rings (SSSR count). The number of aryl methyl sites for hydroxylation is 2. The third kappa shape index (κ3) is 2.44. The van der Waals surface area contributed by atoms with Gasteiger partial charge >= 0.3 is 0 Å². The minimum atomic E-state index is 0.791. The number of rotatable bonds is 4. The van der Waals surface area contributed by atoms with Crippen LogP contribution in [0.25, 0.3) is 0 Å². The monoisotopic (exact) mass is 185 g/mol. The highest BCUT2D eigenvalue weighted by Crippen LogP contribution is 2.07. The summed E-state index contributed by atoms with van der Waals surface area (Å²) in [5, 5.41) is 4.26. The molecule has 12 heavy (non-hydrogen) atoms. The summed E-state index contributed by atoms with van der Waals surface area (Å²) < 4.78 is 1.92. The molecular weight excluding hydrogens is 170 g/mol. The van der Waals surface area contributed by atoms with Gasteiger partial charge in [0.2, 0.25) is 0 Å². The van der Waals surface area contributed by atoms with E-state index in [0.717, 1.165) is 24.3 Å². The normalized spacial score (nSPS) is 10.5. The predicted octanol–water partition coefficient (Wildman–Crippen LogP) is 1.53. The van der Waals surface area contributed by atoms with Crippen molar-refractivity contribution in [3.63, 3.8) is 0 Å². The molecule has 0 aliphatic heterocycles. The van der Waals surface area contributed by atoms with Crippen molar-refractivity contribution in [2.45, 2.75) is 19.9 Å². The maximum atomic E-state index is 5.66. The first-order chi connectivity index (χ1) is 5.74.